The zero-order valence-electron chi connectivity index (χ0n) is 12.1. The molecule has 0 aliphatic heterocycles. The van der Waals surface area contributed by atoms with Crippen molar-refractivity contribution in [2.75, 3.05) is 6.67 Å². The number of alkyl halides is 1. The van der Waals surface area contributed by atoms with Crippen molar-refractivity contribution in [3.05, 3.63) is 0 Å². The van der Waals surface area contributed by atoms with Crippen LogP contribution in [0.3, 0.4) is 0 Å². The topological polar surface area (TPSA) is 0 Å². The molecule has 0 aromatic carbocycles. The van der Waals surface area contributed by atoms with Gasteiger partial charge in [-0.15, -0.1) is 0 Å². The van der Waals surface area contributed by atoms with Gasteiger partial charge in [0, 0.05) is 0 Å². The molecule has 0 spiro atoms. The fraction of sp³-hybridized carbons (Fsp3) is 1.00. The van der Waals surface area contributed by atoms with Gasteiger partial charge in [-0.1, -0.05) is 78.1 Å². The summed E-state index contributed by atoms with van der Waals surface area (Å²) in [6, 6.07) is 0. The standard InChI is InChI=1S/C16H33F/c1-3-5-7-9-10-12-14-16(15-17)13-11-8-6-4-2/h16H,3-15H2,1-2H3. The van der Waals surface area contributed by atoms with E-state index in [9.17, 15) is 4.39 Å². The third-order valence-corrected chi connectivity index (χ3v) is 3.65. The van der Waals surface area contributed by atoms with Gasteiger partial charge in [-0.2, -0.15) is 0 Å². The van der Waals surface area contributed by atoms with Crippen molar-refractivity contribution in [3.8, 4) is 0 Å². The SMILES string of the molecule is CCCCCCCCC(CF)CCCCCC. The maximum atomic E-state index is 12.8. The van der Waals surface area contributed by atoms with Crippen molar-refractivity contribution in [3.63, 3.8) is 0 Å². The highest BCUT2D eigenvalue weighted by Gasteiger charge is 2.07. The van der Waals surface area contributed by atoms with Gasteiger partial charge in [-0.05, 0) is 18.8 Å². The zero-order chi connectivity index (χ0) is 12.8. The fourth-order valence-corrected chi connectivity index (χ4v) is 2.37. The molecule has 0 aromatic rings. The molecule has 0 rings (SSSR count). The molecule has 0 saturated heterocycles. The Morgan fingerprint density at radius 1 is 0.647 bits per heavy atom. The van der Waals surface area contributed by atoms with E-state index >= 15 is 0 Å². The molecular formula is C16H33F. The van der Waals surface area contributed by atoms with Crippen LogP contribution in [0.5, 0.6) is 0 Å². The van der Waals surface area contributed by atoms with Crippen molar-refractivity contribution >= 4 is 0 Å². The molecule has 0 heterocycles. The monoisotopic (exact) mass is 244 g/mol. The molecule has 0 radical (unpaired) electrons. The number of hydrogen-bond acceptors (Lipinski definition) is 0. The van der Waals surface area contributed by atoms with Crippen molar-refractivity contribution in [1.29, 1.82) is 0 Å². The lowest BCUT2D eigenvalue weighted by molar-refractivity contribution is 0.309. The van der Waals surface area contributed by atoms with Crippen LogP contribution in [0.1, 0.15) is 90.9 Å². The average Bonchev–Trinajstić information content (AvgIpc) is 2.36. The molecule has 0 aromatic heterocycles. The summed E-state index contributed by atoms with van der Waals surface area (Å²) in [5, 5.41) is 0. The lowest BCUT2D eigenvalue weighted by atomic mass is 9.95. The Bertz CT molecular complexity index is 133. The first kappa shape index (κ1) is 16.9. The lowest BCUT2D eigenvalue weighted by Crippen LogP contribution is -2.03. The molecule has 0 fully saturated rings. The summed E-state index contributed by atoms with van der Waals surface area (Å²) in [6.07, 6.45) is 15.3. The van der Waals surface area contributed by atoms with Crippen LogP contribution < -0.4 is 0 Å². The Kier molecular flexibility index (Phi) is 13.9. The second-order valence-electron chi connectivity index (χ2n) is 5.43. The minimum atomic E-state index is -0.0961. The highest BCUT2D eigenvalue weighted by molar-refractivity contribution is 4.59. The van der Waals surface area contributed by atoms with E-state index < -0.39 is 0 Å². The number of halogens is 1. The van der Waals surface area contributed by atoms with Gasteiger partial charge < -0.3 is 0 Å². The molecule has 1 heteroatoms. The van der Waals surface area contributed by atoms with Crippen LogP contribution in [0.4, 0.5) is 4.39 Å². The van der Waals surface area contributed by atoms with Gasteiger partial charge in [0.15, 0.2) is 0 Å². The molecule has 0 N–H and O–H groups in total. The maximum absolute atomic E-state index is 12.8. The predicted molar refractivity (Wildman–Crippen MR) is 76.2 cm³/mol. The summed E-state index contributed by atoms with van der Waals surface area (Å²) < 4.78 is 12.8. The molecule has 0 aliphatic rings. The molecule has 1 unspecified atom stereocenters. The number of rotatable bonds is 13. The Labute approximate surface area is 108 Å². The fourth-order valence-electron chi connectivity index (χ4n) is 2.37. The Morgan fingerprint density at radius 3 is 1.53 bits per heavy atom. The first-order chi connectivity index (χ1) is 8.35. The van der Waals surface area contributed by atoms with Crippen LogP contribution >= 0.6 is 0 Å². The summed E-state index contributed by atoms with van der Waals surface area (Å²) in [7, 11) is 0. The maximum Gasteiger partial charge on any atom is 0.0922 e. The summed E-state index contributed by atoms with van der Waals surface area (Å²) in [5.41, 5.74) is 0. The van der Waals surface area contributed by atoms with Crippen LogP contribution in [0.15, 0.2) is 0 Å². The van der Waals surface area contributed by atoms with Crippen LogP contribution in [-0.2, 0) is 0 Å². The van der Waals surface area contributed by atoms with E-state index in [1.54, 1.807) is 0 Å². The van der Waals surface area contributed by atoms with Crippen LogP contribution in [0.25, 0.3) is 0 Å². The lowest BCUT2D eigenvalue weighted by Gasteiger charge is -2.12. The molecule has 0 nitrogen and oxygen atoms in total. The van der Waals surface area contributed by atoms with Crippen LogP contribution in [0.2, 0.25) is 0 Å². The zero-order valence-corrected chi connectivity index (χ0v) is 12.1. The highest BCUT2D eigenvalue weighted by Crippen LogP contribution is 2.19. The Balaban J connectivity index is 3.28. The first-order valence-corrected chi connectivity index (χ1v) is 7.91. The molecule has 0 bridgehead atoms. The van der Waals surface area contributed by atoms with Gasteiger partial charge in [-0.25, -0.2) is 0 Å². The normalized spacial score (nSPS) is 12.9. The number of unbranched alkanes of at least 4 members (excludes halogenated alkanes) is 8. The molecule has 104 valence electrons. The molecular weight excluding hydrogens is 211 g/mol. The smallest absolute Gasteiger partial charge is 0.0922 e. The van der Waals surface area contributed by atoms with Crippen molar-refractivity contribution < 1.29 is 4.39 Å². The van der Waals surface area contributed by atoms with E-state index in [4.69, 9.17) is 0 Å². The molecule has 1 atom stereocenters. The molecule has 17 heavy (non-hydrogen) atoms. The van der Waals surface area contributed by atoms with Gasteiger partial charge in [0.1, 0.15) is 0 Å². The largest absolute Gasteiger partial charge is 0.251 e. The second-order valence-corrected chi connectivity index (χ2v) is 5.43. The van der Waals surface area contributed by atoms with Gasteiger partial charge in [0.25, 0.3) is 0 Å². The summed E-state index contributed by atoms with van der Waals surface area (Å²) in [4.78, 5) is 0. The van der Waals surface area contributed by atoms with Gasteiger partial charge in [0.2, 0.25) is 0 Å². The van der Waals surface area contributed by atoms with E-state index in [1.807, 2.05) is 0 Å². The third kappa shape index (κ3) is 12.2. The third-order valence-electron chi connectivity index (χ3n) is 3.65. The van der Waals surface area contributed by atoms with E-state index in [-0.39, 0.29) is 6.67 Å². The number of hydrogen-bond donors (Lipinski definition) is 0. The van der Waals surface area contributed by atoms with Crippen molar-refractivity contribution in [2.45, 2.75) is 90.9 Å². The van der Waals surface area contributed by atoms with Crippen molar-refractivity contribution in [1.82, 2.24) is 0 Å². The van der Waals surface area contributed by atoms with E-state index in [0.29, 0.717) is 5.92 Å². The minimum Gasteiger partial charge on any atom is -0.251 e. The molecule has 0 saturated carbocycles. The molecule has 0 aliphatic carbocycles. The van der Waals surface area contributed by atoms with E-state index in [1.165, 1.54) is 64.2 Å². The Hall–Kier alpha value is -0.0700. The summed E-state index contributed by atoms with van der Waals surface area (Å²) in [6.45, 7) is 4.37. The first-order valence-electron chi connectivity index (χ1n) is 7.91. The van der Waals surface area contributed by atoms with Crippen LogP contribution in [-0.4, -0.2) is 6.67 Å². The molecule has 0 amide bonds. The Morgan fingerprint density at radius 2 is 1.06 bits per heavy atom. The van der Waals surface area contributed by atoms with Crippen LogP contribution in [0, 0.1) is 5.92 Å². The predicted octanol–water partition coefficient (Wildman–Crippen LogP) is 6.29. The van der Waals surface area contributed by atoms with Crippen molar-refractivity contribution in [2.24, 2.45) is 5.92 Å². The van der Waals surface area contributed by atoms with E-state index in [2.05, 4.69) is 13.8 Å². The highest BCUT2D eigenvalue weighted by atomic mass is 19.1. The van der Waals surface area contributed by atoms with Gasteiger partial charge in [-0.3, -0.25) is 4.39 Å². The summed E-state index contributed by atoms with van der Waals surface area (Å²) in [5.74, 6) is 0.359. The van der Waals surface area contributed by atoms with Gasteiger partial charge in [0.05, 0.1) is 6.67 Å². The van der Waals surface area contributed by atoms with E-state index in [0.717, 1.165) is 12.8 Å². The summed E-state index contributed by atoms with van der Waals surface area (Å²) >= 11 is 0. The minimum absolute atomic E-state index is 0.0961. The second kappa shape index (κ2) is 14.0. The average molecular weight is 244 g/mol. The van der Waals surface area contributed by atoms with Gasteiger partial charge >= 0.3 is 0 Å². The quantitative estimate of drug-likeness (QED) is 0.334.